The largest absolute Gasteiger partial charge is 0.374 e. The number of nitrogens with one attached hydrogen (secondary N) is 1. The smallest absolute Gasteiger partial charge is 0.0845 e. The number of hydrogen-bond acceptors (Lipinski definition) is 3. The Kier molecular flexibility index (Phi) is 5.19. The van der Waals surface area contributed by atoms with Crippen LogP contribution >= 0.6 is 0 Å². The lowest BCUT2D eigenvalue weighted by atomic mass is 9.84. The van der Waals surface area contributed by atoms with Gasteiger partial charge < -0.3 is 4.74 Å². The molecule has 1 aromatic carbocycles. The minimum absolute atomic E-state index is 0.141. The molecular formula is C17H28N2O. The maximum absolute atomic E-state index is 6.12. The van der Waals surface area contributed by atoms with Crippen molar-refractivity contribution in [3.05, 3.63) is 35.9 Å². The van der Waals surface area contributed by atoms with Gasteiger partial charge in [0.1, 0.15) is 0 Å². The van der Waals surface area contributed by atoms with Crippen LogP contribution in [0.3, 0.4) is 0 Å². The third-order valence-corrected chi connectivity index (χ3v) is 4.87. The second kappa shape index (κ2) is 6.70. The molecule has 3 N–H and O–H groups in total. The van der Waals surface area contributed by atoms with E-state index in [0.717, 1.165) is 19.4 Å². The van der Waals surface area contributed by atoms with E-state index in [1.54, 1.807) is 0 Å². The number of ether oxygens (including phenoxy) is 1. The van der Waals surface area contributed by atoms with E-state index >= 15 is 0 Å². The average Bonchev–Trinajstić information content (AvgIpc) is 3.28. The van der Waals surface area contributed by atoms with Crippen LogP contribution in [-0.2, 0) is 4.74 Å². The first-order chi connectivity index (χ1) is 9.72. The highest BCUT2D eigenvalue weighted by Gasteiger charge is 2.51. The second-order valence-corrected chi connectivity index (χ2v) is 5.77. The van der Waals surface area contributed by atoms with Crippen molar-refractivity contribution in [2.24, 2.45) is 11.8 Å². The van der Waals surface area contributed by atoms with E-state index in [4.69, 9.17) is 10.6 Å². The molecule has 0 radical (unpaired) electrons. The molecule has 3 heteroatoms. The Morgan fingerprint density at radius 3 is 2.40 bits per heavy atom. The van der Waals surface area contributed by atoms with Crippen molar-refractivity contribution in [2.45, 2.75) is 57.6 Å². The molecule has 1 aliphatic carbocycles. The van der Waals surface area contributed by atoms with E-state index in [9.17, 15) is 0 Å². The van der Waals surface area contributed by atoms with Gasteiger partial charge in [0.25, 0.3) is 0 Å². The second-order valence-electron chi connectivity index (χ2n) is 5.77. The summed E-state index contributed by atoms with van der Waals surface area (Å²) < 4.78 is 6.12. The highest BCUT2D eigenvalue weighted by Crippen LogP contribution is 2.52. The Labute approximate surface area is 122 Å². The fourth-order valence-electron chi connectivity index (χ4n) is 3.60. The molecule has 2 rings (SSSR count). The van der Waals surface area contributed by atoms with Crippen LogP contribution in [0.4, 0.5) is 0 Å². The molecule has 20 heavy (non-hydrogen) atoms. The molecule has 112 valence electrons. The van der Waals surface area contributed by atoms with E-state index < -0.39 is 0 Å². The van der Waals surface area contributed by atoms with Gasteiger partial charge in [0.15, 0.2) is 0 Å². The van der Waals surface area contributed by atoms with Crippen molar-refractivity contribution in [1.82, 2.24) is 5.43 Å². The molecular weight excluding hydrogens is 248 g/mol. The van der Waals surface area contributed by atoms with Gasteiger partial charge in [-0.2, -0.15) is 0 Å². The summed E-state index contributed by atoms with van der Waals surface area (Å²) in [7, 11) is 0. The van der Waals surface area contributed by atoms with Crippen LogP contribution in [0.2, 0.25) is 0 Å². The third-order valence-electron chi connectivity index (χ3n) is 4.87. The molecule has 0 heterocycles. The van der Waals surface area contributed by atoms with E-state index in [2.05, 4.69) is 56.5 Å². The quantitative estimate of drug-likeness (QED) is 0.566. The highest BCUT2D eigenvalue weighted by molar-refractivity contribution is 5.27. The predicted octanol–water partition coefficient (Wildman–Crippen LogP) is 3.22. The summed E-state index contributed by atoms with van der Waals surface area (Å²) in [5, 5.41) is 0. The van der Waals surface area contributed by atoms with Crippen LogP contribution in [0, 0.1) is 5.92 Å². The minimum atomic E-state index is -0.141. The molecule has 0 bridgehead atoms. The van der Waals surface area contributed by atoms with Crippen LogP contribution in [-0.4, -0.2) is 18.2 Å². The monoisotopic (exact) mass is 276 g/mol. The fraction of sp³-hybridized carbons (Fsp3) is 0.647. The van der Waals surface area contributed by atoms with Gasteiger partial charge in [-0.25, -0.2) is 0 Å². The van der Waals surface area contributed by atoms with Crippen LogP contribution in [0.15, 0.2) is 30.3 Å². The van der Waals surface area contributed by atoms with Crippen molar-refractivity contribution in [3.63, 3.8) is 0 Å². The fourth-order valence-corrected chi connectivity index (χ4v) is 3.60. The Bertz CT molecular complexity index is 403. The summed E-state index contributed by atoms with van der Waals surface area (Å²) in [5.74, 6) is 7.09. The summed E-state index contributed by atoms with van der Waals surface area (Å²) in [4.78, 5) is 0. The average molecular weight is 276 g/mol. The number of hydrazine groups is 1. The van der Waals surface area contributed by atoms with Crippen LogP contribution < -0.4 is 11.3 Å². The first-order valence-corrected chi connectivity index (χ1v) is 7.87. The number of benzene rings is 1. The van der Waals surface area contributed by atoms with Crippen molar-refractivity contribution >= 4 is 0 Å². The lowest BCUT2D eigenvalue weighted by Gasteiger charge is -2.39. The lowest BCUT2D eigenvalue weighted by Crippen LogP contribution is -2.56. The number of rotatable bonds is 8. The Morgan fingerprint density at radius 2 is 1.90 bits per heavy atom. The van der Waals surface area contributed by atoms with Crippen molar-refractivity contribution in [2.75, 3.05) is 6.61 Å². The van der Waals surface area contributed by atoms with Gasteiger partial charge >= 0.3 is 0 Å². The molecule has 1 aliphatic rings. The van der Waals surface area contributed by atoms with Crippen LogP contribution in [0.25, 0.3) is 0 Å². The lowest BCUT2D eigenvalue weighted by molar-refractivity contribution is -0.0776. The molecule has 0 aliphatic heterocycles. The predicted molar refractivity (Wildman–Crippen MR) is 83.3 cm³/mol. The van der Waals surface area contributed by atoms with Gasteiger partial charge in [-0.05, 0) is 43.6 Å². The summed E-state index contributed by atoms with van der Waals surface area (Å²) in [6, 6.07) is 11.0. The van der Waals surface area contributed by atoms with Gasteiger partial charge in [0, 0.05) is 6.61 Å². The third kappa shape index (κ3) is 2.90. The van der Waals surface area contributed by atoms with Gasteiger partial charge in [-0.15, -0.1) is 0 Å². The zero-order chi connectivity index (χ0) is 14.6. The van der Waals surface area contributed by atoms with E-state index in [1.807, 2.05) is 0 Å². The standard InChI is InChI=1S/C17H28N2O/c1-4-17(5-2,20-6-3)16(19-18)15-12-14(15)13-10-8-7-9-11-13/h7-11,14-16,19H,4-6,12,18H2,1-3H3. The van der Waals surface area contributed by atoms with Crippen molar-refractivity contribution in [1.29, 1.82) is 0 Å². The molecule has 0 saturated heterocycles. The number of nitrogens with two attached hydrogens (primary N) is 1. The van der Waals surface area contributed by atoms with Crippen LogP contribution in [0.1, 0.15) is 51.5 Å². The van der Waals surface area contributed by atoms with E-state index in [-0.39, 0.29) is 11.6 Å². The molecule has 1 aromatic rings. The van der Waals surface area contributed by atoms with E-state index in [0.29, 0.717) is 11.8 Å². The summed E-state index contributed by atoms with van der Waals surface area (Å²) in [6.45, 7) is 7.20. The zero-order valence-electron chi connectivity index (χ0n) is 12.9. The summed E-state index contributed by atoms with van der Waals surface area (Å²) >= 11 is 0. The Morgan fingerprint density at radius 1 is 1.25 bits per heavy atom. The maximum Gasteiger partial charge on any atom is 0.0845 e. The topological polar surface area (TPSA) is 47.3 Å². The van der Waals surface area contributed by atoms with Gasteiger partial charge in [0.2, 0.25) is 0 Å². The zero-order valence-corrected chi connectivity index (χ0v) is 12.9. The normalized spacial score (nSPS) is 23.6. The Balaban J connectivity index is 2.13. The van der Waals surface area contributed by atoms with Crippen molar-refractivity contribution < 1.29 is 4.74 Å². The minimum Gasteiger partial charge on any atom is -0.374 e. The molecule has 1 fully saturated rings. The molecule has 1 saturated carbocycles. The summed E-state index contributed by atoms with van der Waals surface area (Å²) in [6.07, 6.45) is 3.18. The van der Waals surface area contributed by atoms with E-state index in [1.165, 1.54) is 12.0 Å². The molecule has 3 nitrogen and oxygen atoms in total. The SMILES string of the molecule is CCOC(CC)(CC)C(NN)C1CC1c1ccccc1. The molecule has 0 spiro atoms. The molecule has 3 atom stereocenters. The molecule has 0 amide bonds. The maximum atomic E-state index is 6.12. The van der Waals surface area contributed by atoms with Gasteiger partial charge in [0.05, 0.1) is 11.6 Å². The Hall–Kier alpha value is -0.900. The van der Waals surface area contributed by atoms with Crippen LogP contribution in [0.5, 0.6) is 0 Å². The molecule has 0 aromatic heterocycles. The molecule has 3 unspecified atom stereocenters. The summed E-state index contributed by atoms with van der Waals surface area (Å²) in [5.41, 5.74) is 4.35. The van der Waals surface area contributed by atoms with Crippen molar-refractivity contribution in [3.8, 4) is 0 Å². The highest BCUT2D eigenvalue weighted by atomic mass is 16.5. The number of hydrogen-bond donors (Lipinski definition) is 2. The van der Waals surface area contributed by atoms with Gasteiger partial charge in [-0.1, -0.05) is 44.2 Å². The van der Waals surface area contributed by atoms with Gasteiger partial charge in [-0.3, -0.25) is 11.3 Å². The first kappa shape index (κ1) is 15.5. The first-order valence-electron chi connectivity index (χ1n) is 7.87.